The van der Waals surface area contributed by atoms with Gasteiger partial charge in [-0.15, -0.1) is 0 Å². The number of anilines is 1. The van der Waals surface area contributed by atoms with Crippen molar-refractivity contribution in [3.8, 4) is 12.1 Å². The molecule has 1 aliphatic heterocycles. The van der Waals surface area contributed by atoms with Crippen LogP contribution in [-0.4, -0.2) is 56.8 Å². The number of fused-ring (bicyclic) bond motifs is 2. The highest BCUT2D eigenvalue weighted by Gasteiger charge is 2.63. The number of ether oxygens (including phenoxy) is 3. The largest absolute Gasteiger partial charge is 0.472 e. The second-order valence-corrected chi connectivity index (χ2v) is 18.4. The Morgan fingerprint density at radius 3 is 2.28 bits per heavy atom. The number of aromatic nitrogens is 3. The summed E-state index contributed by atoms with van der Waals surface area (Å²) in [6, 6.07) is 13.2. The second-order valence-electron chi connectivity index (χ2n) is 16.5. The monoisotopic (exact) mass is 840 g/mol. The molecular weight excluding hydrogens is 779 g/mol. The van der Waals surface area contributed by atoms with Crippen molar-refractivity contribution in [2.24, 2.45) is 5.41 Å². The van der Waals surface area contributed by atoms with Gasteiger partial charge in [0.05, 0.1) is 49.7 Å². The molecule has 58 heavy (non-hydrogen) atoms. The summed E-state index contributed by atoms with van der Waals surface area (Å²) in [4.78, 5) is 15.1. The topological polar surface area (TPSA) is 187 Å². The lowest BCUT2D eigenvalue weighted by Gasteiger charge is -2.29. The SMILES string of the molecule is CCCCCCCCCCCCCCCCC[C@H](COP(=O)(O)OC[C@@]1(C#N)C[C@@H](c2ccc3c(N)ncnn23)[C@@H]2OC(C)(C)O[C@@H]21)OCc1cc(Cl)cc(C#N)c1. The van der Waals surface area contributed by atoms with Crippen LogP contribution in [0.3, 0.4) is 0 Å². The molecule has 1 aliphatic carbocycles. The molecule has 0 radical (unpaired) electrons. The zero-order valence-electron chi connectivity index (χ0n) is 34.5. The third-order valence-corrected chi connectivity index (χ3v) is 12.5. The van der Waals surface area contributed by atoms with E-state index in [0.717, 1.165) is 25.0 Å². The van der Waals surface area contributed by atoms with E-state index in [1.54, 1.807) is 36.6 Å². The number of nitrogen functional groups attached to an aromatic ring is 1. The van der Waals surface area contributed by atoms with Crippen LogP contribution in [0.2, 0.25) is 5.02 Å². The van der Waals surface area contributed by atoms with Crippen LogP contribution >= 0.6 is 19.4 Å². The molecule has 3 heterocycles. The molecule has 1 unspecified atom stereocenters. The molecule has 0 amide bonds. The third kappa shape index (κ3) is 12.9. The average Bonchev–Trinajstić information content (AvgIpc) is 3.86. The summed E-state index contributed by atoms with van der Waals surface area (Å²) in [6.07, 6.45) is 19.0. The Kier molecular flexibility index (Phi) is 17.4. The summed E-state index contributed by atoms with van der Waals surface area (Å²) in [6.45, 7) is 5.29. The minimum Gasteiger partial charge on any atom is -0.382 e. The summed E-state index contributed by atoms with van der Waals surface area (Å²) in [5.74, 6) is -1.06. The molecule has 2 aliphatic rings. The van der Waals surface area contributed by atoms with Crippen LogP contribution in [0.1, 0.15) is 153 Å². The molecule has 3 aromatic rings. The van der Waals surface area contributed by atoms with Crippen LogP contribution in [0.15, 0.2) is 36.7 Å². The number of hydrogen-bond acceptors (Lipinski definition) is 11. The summed E-state index contributed by atoms with van der Waals surface area (Å²) in [7, 11) is -4.67. The maximum absolute atomic E-state index is 13.5. The highest BCUT2D eigenvalue weighted by molar-refractivity contribution is 7.47. The third-order valence-electron chi connectivity index (χ3n) is 11.4. The molecule has 318 valence electrons. The van der Waals surface area contributed by atoms with E-state index in [0.29, 0.717) is 33.9 Å². The quantitative estimate of drug-likeness (QED) is 0.0576. The summed E-state index contributed by atoms with van der Waals surface area (Å²) in [5.41, 5.74) is 7.25. The fraction of sp³-hybridized carbons (Fsp3) is 0.674. The minimum absolute atomic E-state index is 0.138. The van der Waals surface area contributed by atoms with Gasteiger partial charge in [0, 0.05) is 16.6 Å². The normalized spacial score (nSPS) is 22.7. The lowest BCUT2D eigenvalue weighted by molar-refractivity contribution is -0.164. The zero-order valence-corrected chi connectivity index (χ0v) is 36.1. The van der Waals surface area contributed by atoms with E-state index in [1.807, 2.05) is 12.1 Å². The highest BCUT2D eigenvalue weighted by Crippen LogP contribution is 2.57. The molecule has 2 fully saturated rings. The summed E-state index contributed by atoms with van der Waals surface area (Å²) in [5, 5.41) is 24.9. The predicted octanol–water partition coefficient (Wildman–Crippen LogP) is 10.3. The lowest BCUT2D eigenvalue weighted by Crippen LogP contribution is -2.38. The van der Waals surface area contributed by atoms with Crippen molar-refractivity contribution in [1.29, 1.82) is 10.5 Å². The van der Waals surface area contributed by atoms with Gasteiger partial charge >= 0.3 is 7.82 Å². The van der Waals surface area contributed by atoms with Crippen molar-refractivity contribution in [2.45, 2.75) is 167 Å². The smallest absolute Gasteiger partial charge is 0.382 e. The Labute approximate surface area is 349 Å². The highest BCUT2D eigenvalue weighted by atomic mass is 35.5. The molecule has 0 spiro atoms. The van der Waals surface area contributed by atoms with Crippen molar-refractivity contribution in [3.63, 3.8) is 0 Å². The first-order chi connectivity index (χ1) is 27.9. The first-order valence-electron chi connectivity index (χ1n) is 21.2. The van der Waals surface area contributed by atoms with Gasteiger partial charge in [0.15, 0.2) is 11.6 Å². The van der Waals surface area contributed by atoms with E-state index >= 15 is 0 Å². The van der Waals surface area contributed by atoms with Gasteiger partial charge in [0.25, 0.3) is 0 Å². The van der Waals surface area contributed by atoms with Gasteiger partial charge in [-0.3, -0.25) is 9.05 Å². The van der Waals surface area contributed by atoms with Gasteiger partial charge < -0.3 is 24.8 Å². The molecule has 2 aromatic heterocycles. The zero-order chi connectivity index (χ0) is 41.6. The van der Waals surface area contributed by atoms with E-state index in [-0.39, 0.29) is 25.6 Å². The number of nitrogens with two attached hydrogens (primary N) is 1. The Bertz CT molecular complexity index is 1900. The van der Waals surface area contributed by atoms with Gasteiger partial charge in [-0.25, -0.2) is 14.1 Å². The fourth-order valence-corrected chi connectivity index (χ4v) is 9.41. The molecule has 6 atom stereocenters. The first kappa shape index (κ1) is 46.0. The van der Waals surface area contributed by atoms with E-state index in [4.69, 9.17) is 40.6 Å². The number of benzene rings is 1. The molecule has 3 N–H and O–H groups in total. The number of unbranched alkanes of at least 4 members (excludes halogenated alkanes) is 14. The number of hydrogen-bond donors (Lipinski definition) is 2. The molecular formula is C43H62ClN6O7P. The molecule has 5 rings (SSSR count). The molecule has 1 aromatic carbocycles. The molecule has 13 nitrogen and oxygen atoms in total. The van der Waals surface area contributed by atoms with E-state index < -0.39 is 43.9 Å². The Balaban J connectivity index is 1.13. The number of phosphoric ester groups is 1. The average molecular weight is 841 g/mol. The Morgan fingerprint density at radius 1 is 0.983 bits per heavy atom. The second kappa shape index (κ2) is 21.9. The van der Waals surface area contributed by atoms with Crippen molar-refractivity contribution in [3.05, 3.63) is 58.5 Å². The van der Waals surface area contributed by atoms with E-state index in [9.17, 15) is 20.0 Å². The van der Waals surface area contributed by atoms with Gasteiger partial charge in [-0.1, -0.05) is 115 Å². The van der Waals surface area contributed by atoms with Gasteiger partial charge in [-0.05, 0) is 62.6 Å². The van der Waals surface area contributed by atoms with Crippen LogP contribution in [0, 0.1) is 28.1 Å². The van der Waals surface area contributed by atoms with Crippen molar-refractivity contribution >= 4 is 30.8 Å². The van der Waals surface area contributed by atoms with Gasteiger partial charge in [0.1, 0.15) is 23.4 Å². The van der Waals surface area contributed by atoms with Crippen LogP contribution < -0.4 is 5.73 Å². The Morgan fingerprint density at radius 2 is 1.64 bits per heavy atom. The van der Waals surface area contributed by atoms with Crippen molar-refractivity contribution in [1.82, 2.24) is 14.6 Å². The van der Waals surface area contributed by atoms with Crippen LogP contribution in [-0.2, 0) is 34.4 Å². The minimum atomic E-state index is -4.67. The lowest BCUT2D eigenvalue weighted by atomic mass is 9.85. The van der Waals surface area contributed by atoms with Crippen LogP contribution in [0.5, 0.6) is 0 Å². The fourth-order valence-electron chi connectivity index (χ4n) is 8.33. The van der Waals surface area contributed by atoms with E-state index in [2.05, 4.69) is 29.1 Å². The van der Waals surface area contributed by atoms with Crippen LogP contribution in [0.4, 0.5) is 5.82 Å². The van der Waals surface area contributed by atoms with Gasteiger partial charge in [-0.2, -0.15) is 15.6 Å². The van der Waals surface area contributed by atoms with E-state index in [1.165, 1.54) is 83.4 Å². The number of nitrogens with zero attached hydrogens (tertiary/aromatic N) is 5. The summed E-state index contributed by atoms with van der Waals surface area (Å²) < 4.78 is 45.1. The first-order valence-corrected chi connectivity index (χ1v) is 23.0. The molecule has 0 bridgehead atoms. The molecule has 1 saturated heterocycles. The molecule has 15 heteroatoms. The van der Waals surface area contributed by atoms with Crippen LogP contribution in [0.25, 0.3) is 5.52 Å². The van der Waals surface area contributed by atoms with Crippen molar-refractivity contribution < 1.29 is 32.7 Å². The maximum Gasteiger partial charge on any atom is 0.472 e. The maximum atomic E-state index is 13.5. The number of nitriles is 2. The standard InChI is InChI=1S/C43H62ClN6O7P/c1-4-5-6-7-8-9-10-11-12-13-14-15-16-17-18-19-35(53-27-33-22-32(26-45)23-34(44)24-33)28-54-58(51,52)55-30-43(29-46)25-36(39-40(43)57-42(2,3)56-39)37-20-21-38-41(47)48-31-49-50(37)38/h20-24,31,35-36,39-40H,4-19,25,27-28,30H2,1-3H3,(H,51,52)(H2,47,48,49)/t35-,36+,39+,40+,43+/m1/s1. The summed E-state index contributed by atoms with van der Waals surface area (Å²) >= 11 is 6.23. The van der Waals surface area contributed by atoms with Crippen molar-refractivity contribution in [2.75, 3.05) is 18.9 Å². The molecule has 1 saturated carbocycles. The number of rotatable bonds is 26. The number of phosphoric acid groups is 1. The Hall–Kier alpha value is -3.10. The van der Waals surface area contributed by atoms with Gasteiger partial charge in [0.2, 0.25) is 0 Å². The number of halogens is 1. The predicted molar refractivity (Wildman–Crippen MR) is 223 cm³/mol.